The SMILES string of the molecule is Cc1cc(F)ccc1C(C#N)NC(C)C. The van der Waals surface area contributed by atoms with Gasteiger partial charge in [-0.3, -0.25) is 5.32 Å². The van der Waals surface area contributed by atoms with Gasteiger partial charge >= 0.3 is 0 Å². The van der Waals surface area contributed by atoms with E-state index in [1.165, 1.54) is 12.1 Å². The van der Waals surface area contributed by atoms with Gasteiger partial charge in [0.05, 0.1) is 6.07 Å². The molecule has 0 bridgehead atoms. The highest BCUT2D eigenvalue weighted by atomic mass is 19.1. The maximum absolute atomic E-state index is 12.9. The Balaban J connectivity index is 2.98. The molecule has 0 aromatic heterocycles. The molecule has 0 radical (unpaired) electrons. The van der Waals surface area contributed by atoms with Crippen molar-refractivity contribution in [3.05, 3.63) is 35.1 Å². The third-order valence-electron chi connectivity index (χ3n) is 2.17. The lowest BCUT2D eigenvalue weighted by atomic mass is 10.0. The molecule has 3 heteroatoms. The summed E-state index contributed by atoms with van der Waals surface area (Å²) in [7, 11) is 0. The molecule has 1 aromatic carbocycles. The third-order valence-corrected chi connectivity index (χ3v) is 2.17. The molecule has 1 atom stereocenters. The molecule has 0 aliphatic rings. The number of nitrogens with zero attached hydrogens (tertiary/aromatic N) is 1. The second-order valence-corrected chi connectivity index (χ2v) is 3.88. The lowest BCUT2D eigenvalue weighted by Gasteiger charge is -2.16. The predicted octanol–water partition coefficient (Wildman–Crippen LogP) is 2.70. The van der Waals surface area contributed by atoms with Crippen molar-refractivity contribution in [1.82, 2.24) is 5.32 Å². The van der Waals surface area contributed by atoms with Crippen LogP contribution in [0.5, 0.6) is 0 Å². The van der Waals surface area contributed by atoms with Gasteiger partial charge in [0.15, 0.2) is 0 Å². The highest BCUT2D eigenvalue weighted by molar-refractivity contribution is 5.32. The van der Waals surface area contributed by atoms with E-state index >= 15 is 0 Å². The number of benzene rings is 1. The first-order valence-electron chi connectivity index (χ1n) is 4.96. The van der Waals surface area contributed by atoms with Gasteiger partial charge in [0.1, 0.15) is 11.9 Å². The van der Waals surface area contributed by atoms with Crippen LogP contribution in [0.2, 0.25) is 0 Å². The van der Waals surface area contributed by atoms with Crippen molar-refractivity contribution < 1.29 is 4.39 Å². The van der Waals surface area contributed by atoms with Crippen LogP contribution < -0.4 is 5.32 Å². The molecule has 0 heterocycles. The maximum atomic E-state index is 12.9. The van der Waals surface area contributed by atoms with Gasteiger partial charge in [0.25, 0.3) is 0 Å². The summed E-state index contributed by atoms with van der Waals surface area (Å²) in [6.45, 7) is 5.76. The second kappa shape index (κ2) is 4.90. The zero-order valence-electron chi connectivity index (χ0n) is 9.21. The number of nitrogens with one attached hydrogen (secondary N) is 1. The molecule has 1 rings (SSSR count). The summed E-state index contributed by atoms with van der Waals surface area (Å²) < 4.78 is 12.9. The number of rotatable bonds is 3. The number of nitriles is 1. The minimum atomic E-state index is -0.370. The van der Waals surface area contributed by atoms with Crippen molar-refractivity contribution in [2.45, 2.75) is 32.9 Å². The summed E-state index contributed by atoms with van der Waals surface area (Å²) in [5.41, 5.74) is 1.64. The van der Waals surface area contributed by atoms with Gasteiger partial charge < -0.3 is 0 Å². The van der Waals surface area contributed by atoms with Crippen LogP contribution in [-0.4, -0.2) is 6.04 Å². The van der Waals surface area contributed by atoms with Crippen LogP contribution in [0.15, 0.2) is 18.2 Å². The van der Waals surface area contributed by atoms with Gasteiger partial charge in [0.2, 0.25) is 0 Å². The summed E-state index contributed by atoms with van der Waals surface area (Å²) in [6.07, 6.45) is 0. The van der Waals surface area contributed by atoms with Crippen LogP contribution in [0.25, 0.3) is 0 Å². The quantitative estimate of drug-likeness (QED) is 0.825. The normalized spacial score (nSPS) is 12.5. The average molecular weight is 206 g/mol. The standard InChI is InChI=1S/C12H15FN2/c1-8(2)15-12(7-14)11-5-4-10(13)6-9(11)3/h4-6,8,12,15H,1-3H3. The molecule has 0 saturated carbocycles. The van der Waals surface area contributed by atoms with Gasteiger partial charge in [0, 0.05) is 6.04 Å². The van der Waals surface area contributed by atoms with Crippen LogP contribution in [-0.2, 0) is 0 Å². The average Bonchev–Trinajstić information content (AvgIpc) is 2.14. The van der Waals surface area contributed by atoms with E-state index in [0.717, 1.165) is 11.1 Å². The van der Waals surface area contributed by atoms with E-state index in [-0.39, 0.29) is 17.9 Å². The molecule has 15 heavy (non-hydrogen) atoms. The Morgan fingerprint density at radius 1 is 1.40 bits per heavy atom. The Labute approximate surface area is 89.7 Å². The molecule has 1 aromatic rings. The monoisotopic (exact) mass is 206 g/mol. The molecular weight excluding hydrogens is 191 g/mol. The van der Waals surface area contributed by atoms with Gasteiger partial charge in [-0.05, 0) is 44.0 Å². The van der Waals surface area contributed by atoms with Crippen molar-refractivity contribution >= 4 is 0 Å². The lowest BCUT2D eigenvalue weighted by Crippen LogP contribution is -2.27. The summed E-state index contributed by atoms with van der Waals surface area (Å²) >= 11 is 0. The molecule has 0 aliphatic heterocycles. The second-order valence-electron chi connectivity index (χ2n) is 3.88. The summed E-state index contributed by atoms with van der Waals surface area (Å²) in [5.74, 6) is -0.266. The number of halogens is 1. The van der Waals surface area contributed by atoms with Crippen molar-refractivity contribution in [3.63, 3.8) is 0 Å². The molecule has 0 aliphatic carbocycles. The molecule has 0 spiro atoms. The van der Waals surface area contributed by atoms with Gasteiger partial charge in [-0.15, -0.1) is 0 Å². The van der Waals surface area contributed by atoms with Crippen LogP contribution in [0.1, 0.15) is 31.0 Å². The predicted molar refractivity (Wildman–Crippen MR) is 57.8 cm³/mol. The molecule has 0 saturated heterocycles. The largest absolute Gasteiger partial charge is 0.296 e. The Kier molecular flexibility index (Phi) is 3.81. The van der Waals surface area contributed by atoms with Crippen LogP contribution in [0.4, 0.5) is 4.39 Å². The summed E-state index contributed by atoms with van der Waals surface area (Å²) in [4.78, 5) is 0. The summed E-state index contributed by atoms with van der Waals surface area (Å²) in [6, 6.07) is 6.52. The van der Waals surface area contributed by atoms with Gasteiger partial charge in [-0.1, -0.05) is 6.07 Å². The highest BCUT2D eigenvalue weighted by Gasteiger charge is 2.13. The zero-order valence-corrected chi connectivity index (χ0v) is 9.21. The molecule has 80 valence electrons. The molecule has 0 amide bonds. The topological polar surface area (TPSA) is 35.8 Å². The molecule has 2 nitrogen and oxygen atoms in total. The minimum Gasteiger partial charge on any atom is -0.296 e. The van der Waals surface area contributed by atoms with E-state index in [4.69, 9.17) is 5.26 Å². The third kappa shape index (κ3) is 3.03. The van der Waals surface area contributed by atoms with E-state index in [1.54, 1.807) is 6.07 Å². The van der Waals surface area contributed by atoms with E-state index in [0.29, 0.717) is 0 Å². The zero-order chi connectivity index (χ0) is 11.4. The Morgan fingerprint density at radius 2 is 2.07 bits per heavy atom. The fraction of sp³-hybridized carbons (Fsp3) is 0.417. The highest BCUT2D eigenvalue weighted by Crippen LogP contribution is 2.18. The van der Waals surface area contributed by atoms with Gasteiger partial charge in [-0.2, -0.15) is 5.26 Å². The fourth-order valence-corrected chi connectivity index (χ4v) is 1.49. The molecule has 1 unspecified atom stereocenters. The van der Waals surface area contributed by atoms with Gasteiger partial charge in [-0.25, -0.2) is 4.39 Å². The van der Waals surface area contributed by atoms with E-state index in [1.807, 2.05) is 20.8 Å². The first-order chi connectivity index (χ1) is 7.04. The molecule has 1 N–H and O–H groups in total. The Morgan fingerprint density at radius 3 is 2.53 bits per heavy atom. The number of hydrogen-bond acceptors (Lipinski definition) is 2. The van der Waals surface area contributed by atoms with E-state index < -0.39 is 0 Å². The number of aryl methyl sites for hydroxylation is 1. The van der Waals surface area contributed by atoms with E-state index in [9.17, 15) is 4.39 Å². The first kappa shape index (κ1) is 11.7. The molecule has 0 fully saturated rings. The van der Waals surface area contributed by atoms with E-state index in [2.05, 4.69) is 11.4 Å². The minimum absolute atomic E-state index is 0.221. The summed E-state index contributed by atoms with van der Waals surface area (Å²) in [5, 5.41) is 12.1. The Bertz CT molecular complexity index is 380. The fourth-order valence-electron chi connectivity index (χ4n) is 1.49. The smallest absolute Gasteiger partial charge is 0.123 e. The van der Waals surface area contributed by atoms with Crippen molar-refractivity contribution in [3.8, 4) is 6.07 Å². The lowest BCUT2D eigenvalue weighted by molar-refractivity contribution is 0.543. The van der Waals surface area contributed by atoms with Crippen molar-refractivity contribution in [2.24, 2.45) is 0 Å². The Hall–Kier alpha value is -1.40. The maximum Gasteiger partial charge on any atom is 0.123 e. The van der Waals surface area contributed by atoms with Crippen LogP contribution >= 0.6 is 0 Å². The van der Waals surface area contributed by atoms with Crippen LogP contribution in [0, 0.1) is 24.1 Å². The van der Waals surface area contributed by atoms with Crippen molar-refractivity contribution in [2.75, 3.05) is 0 Å². The van der Waals surface area contributed by atoms with Crippen molar-refractivity contribution in [1.29, 1.82) is 5.26 Å². The first-order valence-corrected chi connectivity index (χ1v) is 4.96. The number of hydrogen-bond donors (Lipinski definition) is 1. The molecular formula is C12H15FN2. The van der Waals surface area contributed by atoms with Crippen LogP contribution in [0.3, 0.4) is 0 Å².